The van der Waals surface area contributed by atoms with Crippen LogP contribution in [0.25, 0.3) is 0 Å². The van der Waals surface area contributed by atoms with Gasteiger partial charge in [-0.2, -0.15) is 0 Å². The number of aliphatic hydroxyl groups is 2. The molecule has 0 aromatic rings. The normalized spacial score (nSPS) is 16.9. The molecule has 114 valence electrons. The monoisotopic (exact) mass is 299 g/mol. The van der Waals surface area contributed by atoms with E-state index in [0.29, 0.717) is 6.42 Å². The zero-order chi connectivity index (χ0) is 15.1. The van der Waals surface area contributed by atoms with Crippen LogP contribution in [0.5, 0.6) is 0 Å². The van der Waals surface area contributed by atoms with E-state index in [1.54, 1.807) is 0 Å². The number of aliphatic hydroxyl groups excluding tert-OH is 2. The van der Waals surface area contributed by atoms with Crippen molar-refractivity contribution in [3.05, 3.63) is 0 Å². The zero-order valence-corrected chi connectivity index (χ0v) is 11.8. The molecule has 0 amide bonds. The third kappa shape index (κ3) is 6.09. The van der Waals surface area contributed by atoms with Crippen molar-refractivity contribution in [2.45, 2.75) is 44.3 Å². The van der Waals surface area contributed by atoms with Crippen LogP contribution >= 0.6 is 7.82 Å². The summed E-state index contributed by atoms with van der Waals surface area (Å²) in [6.07, 6.45) is 0.189. The Morgan fingerprint density at radius 1 is 1.42 bits per heavy atom. The van der Waals surface area contributed by atoms with Crippen LogP contribution in [0.2, 0.25) is 0 Å². The van der Waals surface area contributed by atoms with Gasteiger partial charge in [0.2, 0.25) is 0 Å². The number of unbranched alkanes of at least 4 members (excludes halogenated alkanes) is 2. The van der Waals surface area contributed by atoms with Crippen molar-refractivity contribution in [3.8, 4) is 0 Å². The Morgan fingerprint density at radius 2 is 2.00 bits per heavy atom. The fraction of sp³-hybridized carbons (Fsp3) is 0.900. The number of Topliss-reactive ketones (excluding diaryl/α,β-unsaturated/α-hetero) is 1. The third-order valence-electron chi connectivity index (χ3n) is 2.73. The van der Waals surface area contributed by atoms with Crippen LogP contribution < -0.4 is 5.73 Å². The standard InChI is InChI=1S/C10H22NO7P/c1-2-3-4-5-10(7-11,18-19(15,16)17)9(14)8(13)6-12/h8,12-13H,2-7,11H2,1H3,(H2,15,16,17). The van der Waals surface area contributed by atoms with Gasteiger partial charge in [-0.25, -0.2) is 4.57 Å². The molecule has 0 fully saturated rings. The Bertz CT molecular complexity index is 332. The average molecular weight is 299 g/mol. The van der Waals surface area contributed by atoms with Gasteiger partial charge in [0.1, 0.15) is 6.10 Å². The van der Waals surface area contributed by atoms with Crippen molar-refractivity contribution in [2.75, 3.05) is 13.2 Å². The number of carbonyl (C=O) groups excluding carboxylic acids is 1. The molecule has 0 saturated heterocycles. The van der Waals surface area contributed by atoms with E-state index in [1.165, 1.54) is 0 Å². The van der Waals surface area contributed by atoms with Gasteiger partial charge in [0.25, 0.3) is 0 Å². The molecule has 2 unspecified atom stereocenters. The zero-order valence-electron chi connectivity index (χ0n) is 10.9. The van der Waals surface area contributed by atoms with Gasteiger partial charge in [-0.3, -0.25) is 9.32 Å². The highest BCUT2D eigenvalue weighted by atomic mass is 31.2. The highest BCUT2D eigenvalue weighted by Crippen LogP contribution is 2.43. The van der Waals surface area contributed by atoms with E-state index < -0.39 is 38.5 Å². The maximum atomic E-state index is 11.9. The maximum Gasteiger partial charge on any atom is 0.470 e. The first-order valence-corrected chi connectivity index (χ1v) is 7.55. The maximum absolute atomic E-state index is 11.9. The van der Waals surface area contributed by atoms with Gasteiger partial charge in [-0.15, -0.1) is 0 Å². The molecule has 0 radical (unpaired) electrons. The third-order valence-corrected chi connectivity index (χ3v) is 3.32. The van der Waals surface area contributed by atoms with Crippen molar-refractivity contribution >= 4 is 13.6 Å². The van der Waals surface area contributed by atoms with Crippen LogP contribution in [0.15, 0.2) is 0 Å². The van der Waals surface area contributed by atoms with Gasteiger partial charge in [0.05, 0.1) is 6.61 Å². The summed E-state index contributed by atoms with van der Waals surface area (Å²) in [6.45, 7) is 0.564. The summed E-state index contributed by atoms with van der Waals surface area (Å²) >= 11 is 0. The van der Waals surface area contributed by atoms with Gasteiger partial charge < -0.3 is 25.7 Å². The van der Waals surface area contributed by atoms with Crippen LogP contribution in [0.3, 0.4) is 0 Å². The van der Waals surface area contributed by atoms with Crippen molar-refractivity contribution in [2.24, 2.45) is 5.73 Å². The second kappa shape index (κ2) is 8.06. The topological polar surface area (TPSA) is 150 Å². The van der Waals surface area contributed by atoms with Gasteiger partial charge in [-0.05, 0) is 6.42 Å². The Balaban J connectivity index is 5.16. The Morgan fingerprint density at radius 3 is 2.37 bits per heavy atom. The lowest BCUT2D eigenvalue weighted by atomic mass is 9.89. The van der Waals surface area contributed by atoms with Gasteiger partial charge in [0, 0.05) is 6.54 Å². The molecule has 0 bridgehead atoms. The highest BCUT2D eigenvalue weighted by molar-refractivity contribution is 7.46. The largest absolute Gasteiger partial charge is 0.470 e. The average Bonchev–Trinajstić information content (AvgIpc) is 2.34. The van der Waals surface area contributed by atoms with Crippen molar-refractivity contribution < 1.29 is 33.9 Å². The summed E-state index contributed by atoms with van der Waals surface area (Å²) in [6, 6.07) is 0. The molecule has 9 heteroatoms. The molecule has 8 nitrogen and oxygen atoms in total. The van der Waals surface area contributed by atoms with E-state index in [2.05, 4.69) is 4.52 Å². The Kier molecular flexibility index (Phi) is 7.92. The first-order chi connectivity index (χ1) is 8.72. The van der Waals surface area contributed by atoms with Crippen LogP contribution in [-0.2, 0) is 13.9 Å². The number of phosphoric acid groups is 1. The smallest absolute Gasteiger partial charge is 0.393 e. The quantitative estimate of drug-likeness (QED) is 0.262. The van der Waals surface area contributed by atoms with Crippen LogP contribution in [0, 0.1) is 0 Å². The number of nitrogens with two attached hydrogens (primary N) is 1. The lowest BCUT2D eigenvalue weighted by Crippen LogP contribution is -2.53. The molecule has 6 N–H and O–H groups in total. The SMILES string of the molecule is CCCCCC(CN)(OP(=O)(O)O)C(=O)C(O)CO. The number of carbonyl (C=O) groups is 1. The molecule has 0 aliphatic rings. The molecular weight excluding hydrogens is 277 g/mol. The summed E-state index contributed by atoms with van der Waals surface area (Å²) in [5.74, 6) is -1.02. The summed E-state index contributed by atoms with van der Waals surface area (Å²) in [5.41, 5.74) is 3.43. The van der Waals surface area contributed by atoms with Gasteiger partial charge in [-0.1, -0.05) is 26.2 Å². The molecule has 0 rings (SSSR count). The molecule has 0 spiro atoms. The van der Waals surface area contributed by atoms with E-state index >= 15 is 0 Å². The summed E-state index contributed by atoms with van der Waals surface area (Å²) in [7, 11) is -4.95. The summed E-state index contributed by atoms with van der Waals surface area (Å²) in [4.78, 5) is 29.7. The number of phosphoric ester groups is 1. The van der Waals surface area contributed by atoms with E-state index in [9.17, 15) is 14.5 Å². The molecule has 19 heavy (non-hydrogen) atoms. The Hall–Kier alpha value is -0.340. The fourth-order valence-electron chi connectivity index (χ4n) is 1.73. The summed E-state index contributed by atoms with van der Waals surface area (Å²) in [5, 5.41) is 18.1. The minimum atomic E-state index is -4.95. The number of hydrogen-bond donors (Lipinski definition) is 5. The summed E-state index contributed by atoms with van der Waals surface area (Å²) < 4.78 is 15.5. The molecule has 0 aromatic carbocycles. The molecular formula is C10H22NO7P. The number of rotatable bonds is 10. The molecule has 0 aromatic heterocycles. The lowest BCUT2D eigenvalue weighted by Gasteiger charge is -2.32. The predicted octanol–water partition coefficient (Wildman–Crippen LogP) is -0.704. The minimum Gasteiger partial charge on any atom is -0.393 e. The van der Waals surface area contributed by atoms with Crippen LogP contribution in [0.1, 0.15) is 32.6 Å². The van der Waals surface area contributed by atoms with E-state index in [-0.39, 0.29) is 6.42 Å². The van der Waals surface area contributed by atoms with Crippen molar-refractivity contribution in [1.29, 1.82) is 0 Å². The fourth-order valence-corrected chi connectivity index (χ4v) is 2.44. The molecule has 0 aliphatic heterocycles. The number of ketones is 1. The van der Waals surface area contributed by atoms with E-state index in [0.717, 1.165) is 12.8 Å². The second-order valence-corrected chi connectivity index (χ2v) is 5.46. The van der Waals surface area contributed by atoms with Crippen LogP contribution in [0.4, 0.5) is 0 Å². The first kappa shape index (κ1) is 18.7. The van der Waals surface area contributed by atoms with Crippen molar-refractivity contribution in [1.82, 2.24) is 0 Å². The highest BCUT2D eigenvalue weighted by Gasteiger charge is 2.45. The first-order valence-electron chi connectivity index (χ1n) is 6.02. The van der Waals surface area contributed by atoms with Crippen molar-refractivity contribution in [3.63, 3.8) is 0 Å². The van der Waals surface area contributed by atoms with Gasteiger partial charge >= 0.3 is 7.82 Å². The number of hydrogen-bond acceptors (Lipinski definition) is 6. The minimum absolute atomic E-state index is 0.0294. The molecule has 2 atom stereocenters. The predicted molar refractivity (Wildman–Crippen MR) is 67.2 cm³/mol. The lowest BCUT2D eigenvalue weighted by molar-refractivity contribution is -0.146. The molecule has 0 saturated carbocycles. The van der Waals surface area contributed by atoms with E-state index in [1.807, 2.05) is 6.92 Å². The van der Waals surface area contributed by atoms with E-state index in [4.69, 9.17) is 20.6 Å². The molecule has 0 heterocycles. The molecule has 0 aliphatic carbocycles. The second-order valence-electron chi connectivity index (χ2n) is 4.30. The van der Waals surface area contributed by atoms with Crippen LogP contribution in [-0.4, -0.2) is 50.6 Å². The Labute approximate surface area is 111 Å². The van der Waals surface area contributed by atoms with Gasteiger partial charge in [0.15, 0.2) is 11.4 Å².